The zero-order valence-corrected chi connectivity index (χ0v) is 29.9. The van der Waals surface area contributed by atoms with Crippen molar-refractivity contribution in [1.29, 1.82) is 5.26 Å². The fraction of sp³-hybridized carbons (Fsp3) is 0.553. The van der Waals surface area contributed by atoms with Crippen molar-refractivity contribution in [2.24, 2.45) is 15.4 Å². The van der Waals surface area contributed by atoms with E-state index in [2.05, 4.69) is 6.07 Å². The first-order chi connectivity index (χ1) is 24.5. The van der Waals surface area contributed by atoms with Gasteiger partial charge in [-0.2, -0.15) is 5.26 Å². The molecule has 0 unspecified atom stereocenters. The maximum absolute atomic E-state index is 14.4. The fourth-order valence-electron chi connectivity index (χ4n) is 8.28. The molecule has 13 heteroatoms. The molecule has 0 N–H and O–H groups in total. The maximum atomic E-state index is 14.4. The summed E-state index contributed by atoms with van der Waals surface area (Å²) in [5.41, 5.74) is -4.41. The van der Waals surface area contributed by atoms with Crippen LogP contribution in [0.5, 0.6) is 5.75 Å². The van der Waals surface area contributed by atoms with Gasteiger partial charge in [0.25, 0.3) is 0 Å². The third kappa shape index (κ3) is 5.41. The molecule has 2 fully saturated rings. The van der Waals surface area contributed by atoms with Crippen LogP contribution in [0.4, 0.5) is 0 Å². The molecule has 1 spiro atoms. The van der Waals surface area contributed by atoms with Gasteiger partial charge in [-0.1, -0.05) is 38.5 Å². The number of nitrogens with zero attached hydrogens (tertiary/aromatic N) is 3. The molecule has 0 amide bonds. The molecule has 270 valence electrons. The van der Waals surface area contributed by atoms with Crippen LogP contribution in [0.15, 0.2) is 44.4 Å². The number of benzene rings is 1. The van der Waals surface area contributed by atoms with Crippen molar-refractivity contribution >= 4 is 35.5 Å². The number of esters is 4. The third-order valence-electron chi connectivity index (χ3n) is 10.9. The number of carbonyl (C=O) groups is 4. The Labute approximate surface area is 296 Å². The number of hydrogen-bond acceptors (Lipinski definition) is 13. The van der Waals surface area contributed by atoms with Crippen molar-refractivity contribution in [2.75, 3.05) is 28.4 Å². The van der Waals surface area contributed by atoms with Crippen LogP contribution in [0.25, 0.3) is 0 Å². The summed E-state index contributed by atoms with van der Waals surface area (Å²) in [6.45, 7) is 3.69. The summed E-state index contributed by atoms with van der Waals surface area (Å²) >= 11 is 0. The highest BCUT2D eigenvalue weighted by Gasteiger charge is 2.78. The fourth-order valence-corrected chi connectivity index (χ4v) is 8.28. The summed E-state index contributed by atoms with van der Waals surface area (Å²) in [6.07, 6.45) is 6.59. The van der Waals surface area contributed by atoms with Gasteiger partial charge in [0.1, 0.15) is 16.9 Å². The minimum absolute atomic E-state index is 0.142. The molecule has 1 aromatic carbocycles. The zero-order valence-electron chi connectivity index (χ0n) is 29.9. The Balaban J connectivity index is 1.81. The lowest BCUT2D eigenvalue weighted by Gasteiger charge is -2.49. The van der Waals surface area contributed by atoms with Gasteiger partial charge in [0, 0.05) is 5.56 Å². The summed E-state index contributed by atoms with van der Waals surface area (Å²) in [5, 5.41) is 11.8. The summed E-state index contributed by atoms with van der Waals surface area (Å²) in [6, 6.07) is 5.16. The third-order valence-corrected chi connectivity index (χ3v) is 10.9. The van der Waals surface area contributed by atoms with Crippen molar-refractivity contribution in [3.05, 3.63) is 51.1 Å². The van der Waals surface area contributed by atoms with Crippen LogP contribution in [0, 0.1) is 30.6 Å². The first kappa shape index (κ1) is 35.8. The van der Waals surface area contributed by atoms with Crippen LogP contribution in [0.3, 0.4) is 0 Å². The molecule has 2 heterocycles. The van der Waals surface area contributed by atoms with Gasteiger partial charge in [0.05, 0.1) is 63.4 Å². The minimum atomic E-state index is -2.31. The summed E-state index contributed by atoms with van der Waals surface area (Å²) in [4.78, 5) is 66.1. The second-order valence-corrected chi connectivity index (χ2v) is 13.6. The largest absolute Gasteiger partial charge is 0.483 e. The van der Waals surface area contributed by atoms with E-state index in [9.17, 15) is 24.4 Å². The second kappa shape index (κ2) is 14.0. The van der Waals surface area contributed by atoms with Gasteiger partial charge >= 0.3 is 23.9 Å². The molecule has 6 rings (SSSR count). The predicted molar refractivity (Wildman–Crippen MR) is 182 cm³/mol. The molecule has 13 nitrogen and oxygen atoms in total. The number of fused-ring (bicyclic) bond motifs is 4. The lowest BCUT2D eigenvalue weighted by atomic mass is 9.59. The number of rotatable bonds is 6. The average molecular weight is 702 g/mol. The quantitative estimate of drug-likeness (QED) is 0.300. The zero-order chi connectivity index (χ0) is 36.7. The van der Waals surface area contributed by atoms with Gasteiger partial charge in [0.15, 0.2) is 11.5 Å². The Hall–Kier alpha value is -4.99. The summed E-state index contributed by atoms with van der Waals surface area (Å²) in [7, 11) is 4.61. The van der Waals surface area contributed by atoms with Crippen LogP contribution in [0.2, 0.25) is 0 Å². The normalized spacial score (nSPS) is 27.7. The number of aliphatic imine (C=N–C) groups is 2. The number of carbonyl (C=O) groups excluding carboxylic acids is 4. The van der Waals surface area contributed by atoms with Crippen LogP contribution >= 0.6 is 0 Å². The van der Waals surface area contributed by atoms with E-state index in [4.69, 9.17) is 38.4 Å². The number of nitriles is 1. The number of methoxy groups -OCH3 is 4. The van der Waals surface area contributed by atoms with Crippen molar-refractivity contribution in [3.8, 4) is 11.8 Å². The van der Waals surface area contributed by atoms with Crippen LogP contribution in [0.1, 0.15) is 80.9 Å². The molecule has 0 bridgehead atoms. The van der Waals surface area contributed by atoms with E-state index in [0.717, 1.165) is 71.0 Å². The number of hydrogen-bond donors (Lipinski definition) is 0. The standard InChI is InChI=1S/C38H43N3O10/c1-20-17-24-25(18-21(20)2)50-31-27(34(43)47-4)26(33(42)46-3)30(40-22-13-9-7-10-14-22)37(31,19-39)38(24)29(36(45)49-6)28(35(44)48-5)32(51-38)41-23-15-11-8-12-16-23/h17-18,22-23,31H,7-16H2,1-6H3/t31-,37+,38+/m0/s1. The Morgan fingerprint density at radius 3 is 1.82 bits per heavy atom. The van der Waals surface area contributed by atoms with Crippen LogP contribution < -0.4 is 4.74 Å². The second-order valence-electron chi connectivity index (χ2n) is 13.6. The van der Waals surface area contributed by atoms with E-state index < -0.39 is 41.0 Å². The van der Waals surface area contributed by atoms with Gasteiger partial charge in [0.2, 0.25) is 11.5 Å². The highest BCUT2D eigenvalue weighted by molar-refractivity contribution is 6.32. The van der Waals surface area contributed by atoms with Crippen molar-refractivity contribution in [2.45, 2.75) is 102 Å². The summed E-state index contributed by atoms with van der Waals surface area (Å²) < 4.78 is 34.7. The van der Waals surface area contributed by atoms with Gasteiger partial charge < -0.3 is 28.4 Å². The van der Waals surface area contributed by atoms with Gasteiger partial charge in [-0.3, -0.25) is 4.99 Å². The molecule has 3 atom stereocenters. The molecular formula is C38H43N3O10. The Kier molecular flexibility index (Phi) is 9.81. The maximum Gasteiger partial charge on any atom is 0.344 e. The molecule has 0 radical (unpaired) electrons. The van der Waals surface area contributed by atoms with E-state index in [0.29, 0.717) is 25.7 Å². The topological polar surface area (TPSA) is 172 Å². The van der Waals surface area contributed by atoms with Gasteiger partial charge in [-0.15, -0.1) is 0 Å². The average Bonchev–Trinajstić information content (AvgIpc) is 3.63. The Morgan fingerprint density at radius 2 is 1.27 bits per heavy atom. The van der Waals surface area contributed by atoms with Crippen molar-refractivity contribution < 1.29 is 47.6 Å². The molecule has 0 saturated heterocycles. The van der Waals surface area contributed by atoms with Crippen molar-refractivity contribution in [3.63, 3.8) is 0 Å². The SMILES string of the molecule is COC(=O)C1=C(C(=O)OC)[C@@H]2Oc3cc(C)c(C)cc3[C@]3(OC(=NC4CCCCC4)C(C(=O)OC)=C3C(=O)OC)[C@]2(C#N)C1=NC1CCCCC1. The molecule has 0 aromatic heterocycles. The Bertz CT molecular complexity index is 1840. The van der Waals surface area contributed by atoms with E-state index >= 15 is 0 Å². The van der Waals surface area contributed by atoms with Crippen LogP contribution in [-0.2, 0) is 48.5 Å². The molecule has 3 aliphatic carbocycles. The minimum Gasteiger partial charge on any atom is -0.483 e. The smallest absolute Gasteiger partial charge is 0.344 e. The van der Waals surface area contributed by atoms with E-state index in [1.165, 1.54) is 7.11 Å². The first-order valence-electron chi connectivity index (χ1n) is 17.4. The monoisotopic (exact) mass is 701 g/mol. The first-order valence-corrected chi connectivity index (χ1v) is 17.4. The van der Waals surface area contributed by atoms with E-state index in [1.807, 2.05) is 13.8 Å². The van der Waals surface area contributed by atoms with Gasteiger partial charge in [-0.25, -0.2) is 24.2 Å². The number of aryl methyl sites for hydroxylation is 2. The number of ether oxygens (including phenoxy) is 6. The lowest BCUT2D eigenvalue weighted by Crippen LogP contribution is -2.62. The lowest BCUT2D eigenvalue weighted by molar-refractivity contribution is -0.143. The van der Waals surface area contributed by atoms with E-state index in [1.54, 1.807) is 12.1 Å². The molecule has 2 aliphatic heterocycles. The highest BCUT2D eigenvalue weighted by atomic mass is 16.6. The summed E-state index contributed by atoms with van der Waals surface area (Å²) in [5.74, 6) is -3.95. The highest BCUT2D eigenvalue weighted by Crippen LogP contribution is 2.65. The van der Waals surface area contributed by atoms with E-state index in [-0.39, 0.29) is 57.3 Å². The van der Waals surface area contributed by atoms with Crippen LogP contribution in [-0.4, -0.2) is 82.1 Å². The molecule has 51 heavy (non-hydrogen) atoms. The molecule has 1 aromatic rings. The van der Waals surface area contributed by atoms with Crippen molar-refractivity contribution in [1.82, 2.24) is 0 Å². The molecule has 2 saturated carbocycles. The molecule has 5 aliphatic rings. The predicted octanol–water partition coefficient (Wildman–Crippen LogP) is 4.60. The molecular weight excluding hydrogens is 658 g/mol. The van der Waals surface area contributed by atoms with Gasteiger partial charge in [-0.05, 0) is 62.8 Å². The Morgan fingerprint density at radius 1 is 0.745 bits per heavy atom.